The fourth-order valence-corrected chi connectivity index (χ4v) is 1.17. The van der Waals surface area contributed by atoms with Crippen molar-refractivity contribution in [2.45, 2.75) is 0 Å². The summed E-state index contributed by atoms with van der Waals surface area (Å²) in [5.41, 5.74) is 0.712. The van der Waals surface area contributed by atoms with Gasteiger partial charge < -0.3 is 9.94 Å². The molecular formula is C10H10ClNO2. The smallest absolute Gasteiger partial charge is 0.138 e. The van der Waals surface area contributed by atoms with E-state index in [9.17, 15) is 0 Å². The molecule has 0 spiro atoms. The molecule has 0 aliphatic rings. The molecule has 0 heterocycles. The third-order valence-corrected chi connectivity index (χ3v) is 1.81. The first-order valence-corrected chi connectivity index (χ1v) is 4.36. The van der Waals surface area contributed by atoms with Crippen LogP contribution < -0.4 is 4.74 Å². The van der Waals surface area contributed by atoms with Crippen molar-refractivity contribution in [2.75, 3.05) is 6.61 Å². The minimum Gasteiger partial charge on any atom is -0.488 e. The minimum atomic E-state index is 0.410. The van der Waals surface area contributed by atoms with Crippen molar-refractivity contribution in [3.05, 3.63) is 41.4 Å². The van der Waals surface area contributed by atoms with Gasteiger partial charge in [-0.2, -0.15) is 0 Å². The molecule has 1 aromatic carbocycles. The Hall–Kier alpha value is -1.48. The van der Waals surface area contributed by atoms with E-state index in [2.05, 4.69) is 11.7 Å². The van der Waals surface area contributed by atoms with Crippen LogP contribution in [-0.4, -0.2) is 18.0 Å². The van der Waals surface area contributed by atoms with Gasteiger partial charge in [-0.05, 0) is 23.8 Å². The van der Waals surface area contributed by atoms with Crippen molar-refractivity contribution >= 4 is 17.8 Å². The van der Waals surface area contributed by atoms with Gasteiger partial charge in [0, 0.05) is 0 Å². The molecular weight excluding hydrogens is 202 g/mol. The highest BCUT2D eigenvalue weighted by Crippen LogP contribution is 2.24. The molecule has 74 valence electrons. The van der Waals surface area contributed by atoms with Gasteiger partial charge in [0.25, 0.3) is 0 Å². The number of hydrogen-bond donors (Lipinski definition) is 1. The van der Waals surface area contributed by atoms with Gasteiger partial charge >= 0.3 is 0 Å². The van der Waals surface area contributed by atoms with E-state index in [-0.39, 0.29) is 0 Å². The molecule has 0 amide bonds. The maximum atomic E-state index is 8.30. The molecule has 1 rings (SSSR count). The predicted molar refractivity (Wildman–Crippen MR) is 56.5 cm³/mol. The number of rotatable bonds is 4. The second-order valence-electron chi connectivity index (χ2n) is 2.53. The third-order valence-electron chi connectivity index (χ3n) is 1.52. The van der Waals surface area contributed by atoms with E-state index >= 15 is 0 Å². The van der Waals surface area contributed by atoms with Crippen LogP contribution in [0, 0.1) is 0 Å². The molecule has 0 atom stereocenters. The zero-order chi connectivity index (χ0) is 10.4. The largest absolute Gasteiger partial charge is 0.488 e. The van der Waals surface area contributed by atoms with Gasteiger partial charge in [-0.25, -0.2) is 0 Å². The van der Waals surface area contributed by atoms with Crippen LogP contribution in [0.25, 0.3) is 0 Å². The molecule has 0 aliphatic carbocycles. The first-order chi connectivity index (χ1) is 6.77. The molecule has 0 radical (unpaired) electrons. The number of halogens is 1. The Morgan fingerprint density at radius 3 is 2.93 bits per heavy atom. The molecule has 0 aromatic heterocycles. The van der Waals surface area contributed by atoms with Gasteiger partial charge in [0.1, 0.15) is 12.4 Å². The summed E-state index contributed by atoms with van der Waals surface area (Å²) < 4.78 is 5.26. The fourth-order valence-electron chi connectivity index (χ4n) is 0.930. The third kappa shape index (κ3) is 2.78. The van der Waals surface area contributed by atoms with Crippen LogP contribution in [0.5, 0.6) is 5.75 Å². The second kappa shape index (κ2) is 5.29. The van der Waals surface area contributed by atoms with Crippen molar-refractivity contribution in [2.24, 2.45) is 5.16 Å². The van der Waals surface area contributed by atoms with Crippen molar-refractivity contribution in [1.29, 1.82) is 0 Å². The molecule has 3 nitrogen and oxygen atoms in total. The van der Waals surface area contributed by atoms with Crippen molar-refractivity contribution in [1.82, 2.24) is 0 Å². The number of oxime groups is 1. The maximum Gasteiger partial charge on any atom is 0.138 e. The number of nitrogens with zero attached hydrogens (tertiary/aromatic N) is 1. The normalized spacial score (nSPS) is 10.4. The number of ether oxygens (including phenoxy) is 1. The lowest BCUT2D eigenvalue weighted by molar-refractivity contribution is 0.322. The average molecular weight is 212 g/mol. The van der Waals surface area contributed by atoms with Crippen molar-refractivity contribution in [3.8, 4) is 5.75 Å². The van der Waals surface area contributed by atoms with Gasteiger partial charge in [0.05, 0.1) is 11.2 Å². The predicted octanol–water partition coefficient (Wildman–Crippen LogP) is 2.71. The topological polar surface area (TPSA) is 41.8 Å². The van der Waals surface area contributed by atoms with E-state index in [0.717, 1.165) is 0 Å². The van der Waals surface area contributed by atoms with Gasteiger partial charge in [-0.1, -0.05) is 29.4 Å². The lowest BCUT2D eigenvalue weighted by atomic mass is 10.2. The summed E-state index contributed by atoms with van der Waals surface area (Å²) in [6, 6.07) is 5.10. The van der Waals surface area contributed by atoms with E-state index in [1.807, 2.05) is 0 Å². The highest BCUT2D eigenvalue weighted by Gasteiger charge is 2.00. The van der Waals surface area contributed by atoms with Crippen molar-refractivity contribution in [3.63, 3.8) is 0 Å². The standard InChI is InChI=1S/C10H10ClNO2/c1-2-5-14-10-4-3-8(7-12-13)6-9(10)11/h2-4,6-7,13H,1,5H2/b12-7+. The Morgan fingerprint density at radius 2 is 2.36 bits per heavy atom. The van der Waals surface area contributed by atoms with E-state index in [0.29, 0.717) is 22.9 Å². The average Bonchev–Trinajstić information content (AvgIpc) is 2.17. The first kappa shape index (κ1) is 10.6. The number of benzene rings is 1. The van der Waals surface area contributed by atoms with Crippen molar-refractivity contribution < 1.29 is 9.94 Å². The van der Waals surface area contributed by atoms with E-state index in [1.165, 1.54) is 6.21 Å². The lowest BCUT2D eigenvalue weighted by Crippen LogP contribution is -1.94. The monoisotopic (exact) mass is 211 g/mol. The Balaban J connectivity index is 2.83. The Bertz CT molecular complexity index is 350. The molecule has 14 heavy (non-hydrogen) atoms. The van der Waals surface area contributed by atoms with E-state index in [1.54, 1.807) is 24.3 Å². The quantitative estimate of drug-likeness (QED) is 0.360. The van der Waals surface area contributed by atoms with Gasteiger partial charge in [0.2, 0.25) is 0 Å². The molecule has 0 bridgehead atoms. The summed E-state index contributed by atoms with van der Waals surface area (Å²) in [7, 11) is 0. The zero-order valence-corrected chi connectivity index (χ0v) is 8.24. The Labute approximate surface area is 87.3 Å². The summed E-state index contributed by atoms with van der Waals surface area (Å²) >= 11 is 5.90. The summed E-state index contributed by atoms with van der Waals surface area (Å²) in [5.74, 6) is 0.585. The molecule has 0 aliphatic heterocycles. The fraction of sp³-hybridized carbons (Fsp3) is 0.100. The lowest BCUT2D eigenvalue weighted by Gasteiger charge is -2.05. The summed E-state index contributed by atoms with van der Waals surface area (Å²) in [5, 5.41) is 11.7. The number of hydrogen-bond acceptors (Lipinski definition) is 3. The molecule has 0 fully saturated rings. The van der Waals surface area contributed by atoms with Crippen LogP contribution >= 0.6 is 11.6 Å². The molecule has 1 N–H and O–H groups in total. The summed E-state index contributed by atoms with van der Waals surface area (Å²) in [4.78, 5) is 0. The molecule has 0 saturated carbocycles. The zero-order valence-electron chi connectivity index (χ0n) is 7.48. The summed E-state index contributed by atoms with van der Waals surface area (Å²) in [6.07, 6.45) is 2.93. The van der Waals surface area contributed by atoms with E-state index < -0.39 is 0 Å². The second-order valence-corrected chi connectivity index (χ2v) is 2.94. The van der Waals surface area contributed by atoms with E-state index in [4.69, 9.17) is 21.5 Å². The van der Waals surface area contributed by atoms with Crippen LogP contribution in [0.3, 0.4) is 0 Å². The molecule has 0 unspecified atom stereocenters. The molecule has 4 heteroatoms. The first-order valence-electron chi connectivity index (χ1n) is 3.98. The van der Waals surface area contributed by atoms with Crippen LogP contribution in [0.15, 0.2) is 36.0 Å². The van der Waals surface area contributed by atoms with Crippen LogP contribution in [0.1, 0.15) is 5.56 Å². The highest BCUT2D eigenvalue weighted by molar-refractivity contribution is 6.32. The van der Waals surface area contributed by atoms with Gasteiger partial charge in [-0.15, -0.1) is 0 Å². The highest BCUT2D eigenvalue weighted by atomic mass is 35.5. The molecule has 1 aromatic rings. The van der Waals surface area contributed by atoms with Gasteiger partial charge in [0.15, 0.2) is 0 Å². The van der Waals surface area contributed by atoms with Crippen LogP contribution in [-0.2, 0) is 0 Å². The SMILES string of the molecule is C=CCOc1ccc(/C=N/O)cc1Cl. The van der Waals surface area contributed by atoms with Crippen LogP contribution in [0.2, 0.25) is 5.02 Å². The maximum absolute atomic E-state index is 8.30. The Morgan fingerprint density at radius 1 is 1.57 bits per heavy atom. The summed E-state index contributed by atoms with van der Waals surface area (Å²) in [6.45, 7) is 3.94. The Kier molecular flexibility index (Phi) is 4.01. The minimum absolute atomic E-state index is 0.410. The van der Waals surface area contributed by atoms with Crippen LogP contribution in [0.4, 0.5) is 0 Å². The van der Waals surface area contributed by atoms with Gasteiger partial charge in [-0.3, -0.25) is 0 Å². The molecule has 0 saturated heterocycles.